The van der Waals surface area contributed by atoms with E-state index in [0.29, 0.717) is 0 Å². The predicted octanol–water partition coefficient (Wildman–Crippen LogP) is 4.13. The molecule has 2 N–H and O–H groups in total. The molecule has 90 valence electrons. The molecule has 0 saturated heterocycles. The molecule has 0 fully saturated rings. The van der Waals surface area contributed by atoms with Crippen LogP contribution >= 0.6 is 0 Å². The second-order valence-electron chi connectivity index (χ2n) is 4.88. The van der Waals surface area contributed by atoms with Gasteiger partial charge in [0.2, 0.25) is 0 Å². The Labute approximate surface area is 100 Å². The second kappa shape index (κ2) is 6.05. The minimum Gasteiger partial charge on any atom is -0.324 e. The van der Waals surface area contributed by atoms with Crippen LogP contribution in [0.1, 0.15) is 55.8 Å². The van der Waals surface area contributed by atoms with E-state index in [-0.39, 0.29) is 6.04 Å². The minimum atomic E-state index is 0.199. The molecule has 1 heteroatoms. The first-order chi connectivity index (χ1) is 7.58. The summed E-state index contributed by atoms with van der Waals surface area (Å²) in [5, 5.41) is 0. The first-order valence-corrected chi connectivity index (χ1v) is 6.41. The molecule has 1 unspecified atom stereocenters. The highest BCUT2D eigenvalue weighted by molar-refractivity contribution is 5.32. The fourth-order valence-electron chi connectivity index (χ4n) is 2.27. The van der Waals surface area contributed by atoms with Gasteiger partial charge in [0, 0.05) is 6.04 Å². The van der Waals surface area contributed by atoms with E-state index in [9.17, 15) is 0 Å². The zero-order chi connectivity index (χ0) is 12.1. The Morgan fingerprint density at radius 2 is 1.75 bits per heavy atom. The summed E-state index contributed by atoms with van der Waals surface area (Å²) in [5.41, 5.74) is 10.3. The van der Waals surface area contributed by atoms with Crippen LogP contribution in [0.4, 0.5) is 0 Å². The third-order valence-corrected chi connectivity index (χ3v) is 3.58. The van der Waals surface area contributed by atoms with E-state index in [1.54, 1.807) is 0 Å². The molecular weight excluding hydrogens is 194 g/mol. The summed E-state index contributed by atoms with van der Waals surface area (Å²) < 4.78 is 0. The van der Waals surface area contributed by atoms with Crippen molar-refractivity contribution in [3.8, 4) is 0 Å². The van der Waals surface area contributed by atoms with Crippen molar-refractivity contribution in [2.24, 2.45) is 11.7 Å². The van der Waals surface area contributed by atoms with Gasteiger partial charge in [0.05, 0.1) is 0 Å². The Bertz CT molecular complexity index is 326. The standard InChI is InChI=1S/C15H25N/c1-5-13(6-2)10-15(16)14-9-11(3)7-8-12(14)4/h7-9,13,15H,5-6,10,16H2,1-4H3. The van der Waals surface area contributed by atoms with Gasteiger partial charge in [0.1, 0.15) is 0 Å². The van der Waals surface area contributed by atoms with E-state index in [2.05, 4.69) is 45.9 Å². The van der Waals surface area contributed by atoms with Crippen LogP contribution in [-0.4, -0.2) is 0 Å². The molecule has 16 heavy (non-hydrogen) atoms. The highest BCUT2D eigenvalue weighted by Gasteiger charge is 2.13. The highest BCUT2D eigenvalue weighted by Crippen LogP contribution is 2.26. The Balaban J connectivity index is 2.79. The largest absolute Gasteiger partial charge is 0.324 e. The van der Waals surface area contributed by atoms with Gasteiger partial charge in [0.15, 0.2) is 0 Å². The molecule has 1 aromatic carbocycles. The predicted molar refractivity (Wildman–Crippen MR) is 71.5 cm³/mol. The van der Waals surface area contributed by atoms with Gasteiger partial charge in [-0.25, -0.2) is 0 Å². The lowest BCUT2D eigenvalue weighted by Gasteiger charge is -2.20. The van der Waals surface area contributed by atoms with E-state index in [1.165, 1.54) is 29.5 Å². The van der Waals surface area contributed by atoms with Gasteiger partial charge in [-0.15, -0.1) is 0 Å². The molecular formula is C15H25N. The van der Waals surface area contributed by atoms with Gasteiger partial charge in [-0.05, 0) is 37.3 Å². The third-order valence-electron chi connectivity index (χ3n) is 3.58. The topological polar surface area (TPSA) is 26.0 Å². The van der Waals surface area contributed by atoms with Crippen molar-refractivity contribution < 1.29 is 0 Å². The molecule has 1 aromatic rings. The summed E-state index contributed by atoms with van der Waals surface area (Å²) in [6.45, 7) is 8.79. The molecule has 0 radical (unpaired) electrons. The maximum absolute atomic E-state index is 6.32. The zero-order valence-electron chi connectivity index (χ0n) is 11.1. The van der Waals surface area contributed by atoms with Crippen molar-refractivity contribution in [1.29, 1.82) is 0 Å². The SMILES string of the molecule is CCC(CC)CC(N)c1cc(C)ccc1C. The first kappa shape index (κ1) is 13.2. The number of benzene rings is 1. The number of nitrogens with two attached hydrogens (primary N) is 1. The molecule has 0 bridgehead atoms. The van der Waals surface area contributed by atoms with E-state index in [0.717, 1.165) is 12.3 Å². The molecule has 0 heterocycles. The lowest BCUT2D eigenvalue weighted by Crippen LogP contribution is -2.16. The van der Waals surface area contributed by atoms with Crippen LogP contribution in [0.2, 0.25) is 0 Å². The third kappa shape index (κ3) is 3.34. The van der Waals surface area contributed by atoms with Gasteiger partial charge in [-0.3, -0.25) is 0 Å². The molecule has 1 rings (SSSR count). The fraction of sp³-hybridized carbons (Fsp3) is 0.600. The monoisotopic (exact) mass is 219 g/mol. The average molecular weight is 219 g/mol. The summed E-state index contributed by atoms with van der Waals surface area (Å²) >= 11 is 0. The van der Waals surface area contributed by atoms with Crippen molar-refractivity contribution in [3.05, 3.63) is 34.9 Å². The molecule has 0 spiro atoms. The van der Waals surface area contributed by atoms with Crippen molar-refractivity contribution >= 4 is 0 Å². The summed E-state index contributed by atoms with van der Waals surface area (Å²) in [5.74, 6) is 0.759. The normalized spacial score (nSPS) is 13.1. The summed E-state index contributed by atoms with van der Waals surface area (Å²) in [4.78, 5) is 0. The number of rotatable bonds is 5. The van der Waals surface area contributed by atoms with E-state index in [1.807, 2.05) is 0 Å². The lowest BCUT2D eigenvalue weighted by atomic mass is 9.89. The molecule has 1 atom stereocenters. The summed E-state index contributed by atoms with van der Waals surface area (Å²) in [6.07, 6.45) is 3.57. The number of hydrogen-bond acceptors (Lipinski definition) is 1. The van der Waals surface area contributed by atoms with Gasteiger partial charge in [-0.2, -0.15) is 0 Å². The van der Waals surface area contributed by atoms with Gasteiger partial charge in [-0.1, -0.05) is 50.5 Å². The molecule has 0 amide bonds. The molecule has 0 aromatic heterocycles. The Morgan fingerprint density at radius 1 is 1.12 bits per heavy atom. The van der Waals surface area contributed by atoms with Crippen LogP contribution in [0.5, 0.6) is 0 Å². The van der Waals surface area contributed by atoms with Crippen LogP contribution in [-0.2, 0) is 0 Å². The number of hydrogen-bond donors (Lipinski definition) is 1. The maximum atomic E-state index is 6.32. The molecule has 0 aliphatic rings. The van der Waals surface area contributed by atoms with E-state index >= 15 is 0 Å². The molecule has 0 saturated carbocycles. The van der Waals surface area contributed by atoms with Gasteiger partial charge in [0.25, 0.3) is 0 Å². The number of aryl methyl sites for hydroxylation is 2. The molecule has 0 aliphatic carbocycles. The second-order valence-corrected chi connectivity index (χ2v) is 4.88. The van der Waals surface area contributed by atoms with Gasteiger partial charge >= 0.3 is 0 Å². The highest BCUT2D eigenvalue weighted by atomic mass is 14.6. The Morgan fingerprint density at radius 3 is 2.31 bits per heavy atom. The Hall–Kier alpha value is -0.820. The van der Waals surface area contributed by atoms with Crippen LogP contribution < -0.4 is 5.73 Å². The quantitative estimate of drug-likeness (QED) is 0.791. The lowest BCUT2D eigenvalue weighted by molar-refractivity contribution is 0.414. The molecule has 0 aliphatic heterocycles. The fourth-order valence-corrected chi connectivity index (χ4v) is 2.27. The Kier molecular flexibility index (Phi) is 5.01. The van der Waals surface area contributed by atoms with Crippen molar-refractivity contribution in [2.75, 3.05) is 0 Å². The zero-order valence-corrected chi connectivity index (χ0v) is 11.1. The summed E-state index contributed by atoms with van der Waals surface area (Å²) in [6, 6.07) is 6.77. The first-order valence-electron chi connectivity index (χ1n) is 6.41. The van der Waals surface area contributed by atoms with Crippen LogP contribution in [0.25, 0.3) is 0 Å². The van der Waals surface area contributed by atoms with Crippen LogP contribution in [0.15, 0.2) is 18.2 Å². The van der Waals surface area contributed by atoms with Gasteiger partial charge < -0.3 is 5.73 Å². The van der Waals surface area contributed by atoms with Crippen LogP contribution in [0.3, 0.4) is 0 Å². The van der Waals surface area contributed by atoms with Crippen LogP contribution in [0, 0.1) is 19.8 Å². The van der Waals surface area contributed by atoms with Crippen molar-refractivity contribution in [2.45, 2.75) is 53.0 Å². The average Bonchev–Trinajstić information content (AvgIpc) is 2.28. The molecule has 1 nitrogen and oxygen atoms in total. The maximum Gasteiger partial charge on any atom is 0.0300 e. The smallest absolute Gasteiger partial charge is 0.0300 e. The van der Waals surface area contributed by atoms with Crippen molar-refractivity contribution in [3.63, 3.8) is 0 Å². The van der Waals surface area contributed by atoms with Crippen molar-refractivity contribution in [1.82, 2.24) is 0 Å². The van der Waals surface area contributed by atoms with E-state index in [4.69, 9.17) is 5.73 Å². The minimum absolute atomic E-state index is 0.199. The summed E-state index contributed by atoms with van der Waals surface area (Å²) in [7, 11) is 0. The van der Waals surface area contributed by atoms with E-state index < -0.39 is 0 Å².